The first-order valence-corrected chi connectivity index (χ1v) is 12.4. The van der Waals surface area contributed by atoms with Crippen molar-refractivity contribution in [1.82, 2.24) is 14.9 Å². The van der Waals surface area contributed by atoms with Crippen LogP contribution in [0.2, 0.25) is 0 Å². The Kier molecular flexibility index (Phi) is 5.27. The smallest absolute Gasteiger partial charge is 0.201 e. The molecule has 1 atom stereocenters. The third-order valence-corrected chi connectivity index (χ3v) is 7.95. The highest BCUT2D eigenvalue weighted by Crippen LogP contribution is 2.49. The number of benzene rings is 1. The minimum atomic E-state index is -0.975. The number of halogens is 1. The van der Waals surface area contributed by atoms with Crippen LogP contribution in [-0.4, -0.2) is 53.9 Å². The molecule has 1 aliphatic carbocycles. The number of hydrogen-bond donors (Lipinski definition) is 1. The number of Topliss-reactive ketones (excluding diaryl/α,β-unsaturated/α-hetero) is 1. The van der Waals surface area contributed by atoms with Gasteiger partial charge in [-0.3, -0.25) is 9.59 Å². The zero-order valence-corrected chi connectivity index (χ0v) is 19.8. The molecule has 3 aliphatic rings. The Bertz CT molecular complexity index is 1490. The molecule has 1 aromatic carbocycles. The predicted molar refractivity (Wildman–Crippen MR) is 131 cm³/mol. The Hall–Kier alpha value is -3.42. The Morgan fingerprint density at radius 3 is 2.69 bits per heavy atom. The second-order valence-corrected chi connectivity index (χ2v) is 10.00. The summed E-state index contributed by atoms with van der Waals surface area (Å²) >= 11 is 1.09. The van der Waals surface area contributed by atoms with Crippen LogP contribution < -0.4 is 20.4 Å². The van der Waals surface area contributed by atoms with Gasteiger partial charge in [0.2, 0.25) is 5.43 Å². The fraction of sp³-hybridized carbons (Fsp3) is 0.360. The highest BCUT2D eigenvalue weighted by atomic mass is 32.2. The van der Waals surface area contributed by atoms with Crippen LogP contribution in [0.5, 0.6) is 5.75 Å². The number of aromatic nitrogens is 2. The normalized spacial score (nSPS) is 19.6. The van der Waals surface area contributed by atoms with E-state index in [-0.39, 0.29) is 28.3 Å². The van der Waals surface area contributed by atoms with Crippen molar-refractivity contribution in [1.29, 1.82) is 5.26 Å². The third-order valence-electron chi connectivity index (χ3n) is 6.77. The monoisotopic (exact) mass is 491 g/mol. The van der Waals surface area contributed by atoms with E-state index >= 15 is 4.39 Å². The second kappa shape index (κ2) is 8.36. The van der Waals surface area contributed by atoms with E-state index in [0.717, 1.165) is 56.6 Å². The van der Waals surface area contributed by atoms with Crippen LogP contribution >= 0.6 is 11.8 Å². The molecule has 8 nitrogen and oxygen atoms in total. The lowest BCUT2D eigenvalue weighted by Gasteiger charge is -2.28. The van der Waals surface area contributed by atoms with E-state index in [1.54, 1.807) is 12.3 Å². The lowest BCUT2D eigenvalue weighted by molar-refractivity contribution is 0.100. The summed E-state index contributed by atoms with van der Waals surface area (Å²) in [5.41, 5.74) is 0.745. The molecule has 1 saturated carbocycles. The van der Waals surface area contributed by atoms with E-state index in [2.05, 4.69) is 15.2 Å². The lowest BCUT2D eigenvalue weighted by atomic mass is 9.99. The summed E-state index contributed by atoms with van der Waals surface area (Å²) in [6, 6.07) is 6.82. The first-order chi connectivity index (χ1) is 17.0. The van der Waals surface area contributed by atoms with Crippen molar-refractivity contribution in [2.75, 3.05) is 38.2 Å². The van der Waals surface area contributed by atoms with Crippen LogP contribution in [0, 0.1) is 17.1 Å². The van der Waals surface area contributed by atoms with Crippen LogP contribution in [-0.2, 0) is 0 Å². The number of ketones is 1. The maximum Gasteiger partial charge on any atom is 0.201 e. The largest absolute Gasteiger partial charge is 0.494 e. The quantitative estimate of drug-likeness (QED) is 0.594. The Morgan fingerprint density at radius 1 is 1.23 bits per heavy atom. The molecule has 3 aromatic rings. The van der Waals surface area contributed by atoms with Gasteiger partial charge in [0.05, 0.1) is 40.2 Å². The maximum atomic E-state index is 15.7. The summed E-state index contributed by atoms with van der Waals surface area (Å²) in [7, 11) is 1.46. The van der Waals surface area contributed by atoms with Crippen LogP contribution in [0.3, 0.4) is 0 Å². The molecule has 178 valence electrons. The lowest BCUT2D eigenvalue weighted by Crippen LogP contribution is -2.43. The van der Waals surface area contributed by atoms with Gasteiger partial charge < -0.3 is 19.5 Å². The van der Waals surface area contributed by atoms with Crippen LogP contribution in [0.1, 0.15) is 29.2 Å². The number of fused-ring (bicyclic) bond motifs is 2. The topological polar surface area (TPSA) is 100 Å². The summed E-state index contributed by atoms with van der Waals surface area (Å²) in [4.78, 5) is 32.8. The van der Waals surface area contributed by atoms with E-state index in [1.165, 1.54) is 13.2 Å². The first-order valence-electron chi connectivity index (χ1n) is 11.5. The van der Waals surface area contributed by atoms with Crippen LogP contribution in [0.4, 0.5) is 10.2 Å². The van der Waals surface area contributed by atoms with Crippen molar-refractivity contribution in [3.05, 3.63) is 46.0 Å². The van der Waals surface area contributed by atoms with Gasteiger partial charge in [-0.1, -0.05) is 11.8 Å². The molecular weight excluding hydrogens is 469 g/mol. The molecular formula is C25H22FN5O3S. The maximum absolute atomic E-state index is 15.7. The SMILES string of the molecule is COc1c(-c2ccnc(N3CCNCC3)c2)c(F)cc2c(=O)c3c(n(C4CC4)c12)SC(C#N)C3=O. The van der Waals surface area contributed by atoms with Gasteiger partial charge in [0.25, 0.3) is 0 Å². The number of anilines is 1. The fourth-order valence-electron chi connectivity index (χ4n) is 4.99. The average Bonchev–Trinajstić information content (AvgIpc) is 3.67. The van der Waals surface area contributed by atoms with Gasteiger partial charge in [-0.15, -0.1) is 0 Å². The molecule has 35 heavy (non-hydrogen) atoms. The van der Waals surface area contributed by atoms with Crippen LogP contribution in [0.15, 0.2) is 34.2 Å². The molecule has 1 unspecified atom stereocenters. The van der Waals surface area contributed by atoms with Gasteiger partial charge in [0, 0.05) is 38.4 Å². The van der Waals surface area contributed by atoms with E-state index in [9.17, 15) is 14.9 Å². The fourth-order valence-corrected chi connectivity index (χ4v) is 6.15. The number of methoxy groups -OCH3 is 1. The minimum absolute atomic E-state index is 0.0138. The van der Waals surface area contributed by atoms with E-state index in [4.69, 9.17) is 4.74 Å². The van der Waals surface area contributed by atoms with Crippen molar-refractivity contribution >= 4 is 34.3 Å². The third kappa shape index (κ3) is 3.41. The molecule has 1 N–H and O–H groups in total. The van der Waals surface area contributed by atoms with E-state index < -0.39 is 22.3 Å². The molecule has 6 rings (SSSR count). The Labute approximate surface area is 204 Å². The molecule has 0 radical (unpaired) electrons. The standard InChI is InChI=1S/C25H22FN5O3S/c1-34-24-19(13-4-5-29-18(10-13)30-8-6-28-7-9-30)16(26)11-15-21(24)31(14-2-3-14)25-20(22(15)32)23(33)17(12-27)35-25/h4-5,10-11,14,17,28H,2-3,6-9H2,1H3. The second-order valence-electron chi connectivity index (χ2n) is 8.90. The molecule has 0 bridgehead atoms. The zero-order chi connectivity index (χ0) is 24.3. The molecule has 2 fully saturated rings. The average molecular weight is 492 g/mol. The summed E-state index contributed by atoms with van der Waals surface area (Å²) in [6.07, 6.45) is 3.39. The highest BCUT2D eigenvalue weighted by Gasteiger charge is 2.41. The number of nitrogens with zero attached hydrogens (tertiary/aromatic N) is 4. The molecule has 2 aliphatic heterocycles. The highest BCUT2D eigenvalue weighted by molar-refractivity contribution is 8.01. The minimum Gasteiger partial charge on any atom is -0.494 e. The van der Waals surface area contributed by atoms with Crippen molar-refractivity contribution in [2.24, 2.45) is 0 Å². The number of nitriles is 1. The van der Waals surface area contributed by atoms with Gasteiger partial charge in [-0.2, -0.15) is 5.26 Å². The van der Waals surface area contributed by atoms with Crippen molar-refractivity contribution < 1.29 is 13.9 Å². The molecule has 0 amide bonds. The number of piperazine rings is 1. The van der Waals surface area contributed by atoms with E-state index in [1.807, 2.05) is 16.7 Å². The van der Waals surface area contributed by atoms with Gasteiger partial charge in [-0.05, 0) is 36.6 Å². The molecule has 1 saturated heterocycles. The molecule has 0 spiro atoms. The van der Waals surface area contributed by atoms with Crippen molar-refractivity contribution in [2.45, 2.75) is 29.2 Å². The van der Waals surface area contributed by atoms with Gasteiger partial charge in [0.1, 0.15) is 11.6 Å². The zero-order valence-electron chi connectivity index (χ0n) is 19.0. The number of hydrogen-bond acceptors (Lipinski definition) is 8. The summed E-state index contributed by atoms with van der Waals surface area (Å²) in [5.74, 6) is -0.122. The number of pyridine rings is 2. The number of nitrogens with one attached hydrogen (secondary N) is 1. The van der Waals surface area contributed by atoms with Crippen molar-refractivity contribution in [3.63, 3.8) is 0 Å². The van der Waals surface area contributed by atoms with E-state index in [0.29, 0.717) is 16.1 Å². The van der Waals surface area contributed by atoms with Gasteiger partial charge in [-0.25, -0.2) is 9.37 Å². The molecule has 4 heterocycles. The molecule has 10 heteroatoms. The number of carbonyl (C=O) groups excluding carboxylic acids is 1. The molecule has 2 aromatic heterocycles. The summed E-state index contributed by atoms with van der Waals surface area (Å²) < 4.78 is 23.4. The predicted octanol–water partition coefficient (Wildman–Crippen LogP) is 3.14. The number of rotatable bonds is 4. The summed E-state index contributed by atoms with van der Waals surface area (Å²) in [6.45, 7) is 3.29. The number of carbonyl (C=O) groups is 1. The Morgan fingerprint density at radius 2 is 2.00 bits per heavy atom. The summed E-state index contributed by atoms with van der Waals surface area (Å²) in [5, 5.41) is 12.4. The Balaban J connectivity index is 1.62. The first kappa shape index (κ1) is 22.1. The van der Waals surface area contributed by atoms with Crippen LogP contribution in [0.25, 0.3) is 22.0 Å². The number of ether oxygens (including phenoxy) is 1. The van der Waals surface area contributed by atoms with Gasteiger partial charge in [0.15, 0.2) is 16.8 Å². The van der Waals surface area contributed by atoms with Crippen molar-refractivity contribution in [3.8, 4) is 22.9 Å². The van der Waals surface area contributed by atoms with Gasteiger partial charge >= 0.3 is 0 Å². The number of thioether (sulfide) groups is 1.